The normalized spacial score (nSPS) is 17.7. The van der Waals surface area contributed by atoms with Gasteiger partial charge in [0, 0.05) is 30.4 Å². The zero-order chi connectivity index (χ0) is 20.9. The lowest BCUT2D eigenvalue weighted by Crippen LogP contribution is -2.36. The maximum absolute atomic E-state index is 12.4. The summed E-state index contributed by atoms with van der Waals surface area (Å²) < 4.78 is 25.1. The maximum atomic E-state index is 12.4. The lowest BCUT2D eigenvalue weighted by atomic mass is 10.0. The van der Waals surface area contributed by atoms with E-state index in [9.17, 15) is 13.2 Å². The second-order valence-electron chi connectivity index (χ2n) is 7.77. The standard InChI is InChI=1S/C22H29N3O3S/c1-17-6-3-4-13-25(17)16-19-11-9-18(10-12-19)15-23-22(26)20-7-5-8-21(14-20)24-29(2,27)28/h5,7-12,14,17,24H,3-4,6,13,15-16H2,1-2H3,(H,23,26). The van der Waals surface area contributed by atoms with Gasteiger partial charge in [-0.1, -0.05) is 36.8 Å². The Balaban J connectivity index is 1.54. The fourth-order valence-corrected chi connectivity index (χ4v) is 4.17. The molecule has 2 aromatic rings. The van der Waals surface area contributed by atoms with Crippen molar-refractivity contribution < 1.29 is 13.2 Å². The highest BCUT2D eigenvalue weighted by atomic mass is 32.2. The number of anilines is 1. The van der Waals surface area contributed by atoms with E-state index in [1.165, 1.54) is 30.9 Å². The topological polar surface area (TPSA) is 78.5 Å². The molecular weight excluding hydrogens is 386 g/mol. The number of nitrogens with one attached hydrogen (secondary N) is 2. The van der Waals surface area contributed by atoms with Crippen LogP contribution in [0.5, 0.6) is 0 Å². The number of likely N-dealkylation sites (tertiary alicyclic amines) is 1. The zero-order valence-corrected chi connectivity index (χ0v) is 17.8. The highest BCUT2D eigenvalue weighted by molar-refractivity contribution is 7.92. The van der Waals surface area contributed by atoms with Crippen molar-refractivity contribution in [3.8, 4) is 0 Å². The smallest absolute Gasteiger partial charge is 0.251 e. The number of amides is 1. The predicted molar refractivity (Wildman–Crippen MR) is 116 cm³/mol. The van der Waals surface area contributed by atoms with Gasteiger partial charge in [-0.25, -0.2) is 8.42 Å². The van der Waals surface area contributed by atoms with E-state index in [0.717, 1.165) is 24.9 Å². The number of piperidine rings is 1. The summed E-state index contributed by atoms with van der Waals surface area (Å²) in [5, 5.41) is 2.89. The summed E-state index contributed by atoms with van der Waals surface area (Å²) >= 11 is 0. The number of carbonyl (C=O) groups is 1. The largest absolute Gasteiger partial charge is 0.348 e. The summed E-state index contributed by atoms with van der Waals surface area (Å²) in [4.78, 5) is 14.9. The molecule has 3 rings (SSSR count). The average Bonchev–Trinajstić information content (AvgIpc) is 2.68. The van der Waals surface area contributed by atoms with Gasteiger partial charge < -0.3 is 5.32 Å². The summed E-state index contributed by atoms with van der Waals surface area (Å²) in [6.07, 6.45) is 4.94. The molecule has 0 bridgehead atoms. The van der Waals surface area contributed by atoms with Crippen LogP contribution in [0.15, 0.2) is 48.5 Å². The molecule has 1 heterocycles. The van der Waals surface area contributed by atoms with Gasteiger partial charge in [0.05, 0.1) is 6.26 Å². The van der Waals surface area contributed by atoms with Crippen molar-refractivity contribution in [1.29, 1.82) is 0 Å². The monoisotopic (exact) mass is 415 g/mol. The first-order valence-corrected chi connectivity index (χ1v) is 11.9. The van der Waals surface area contributed by atoms with Crippen LogP contribution >= 0.6 is 0 Å². The Morgan fingerprint density at radius 2 is 1.83 bits per heavy atom. The molecule has 1 amide bonds. The summed E-state index contributed by atoms with van der Waals surface area (Å²) in [7, 11) is -3.38. The minimum absolute atomic E-state index is 0.242. The van der Waals surface area contributed by atoms with Gasteiger partial charge in [0.1, 0.15) is 0 Å². The second kappa shape index (κ2) is 9.41. The van der Waals surface area contributed by atoms with Gasteiger partial charge in [-0.2, -0.15) is 0 Å². The minimum Gasteiger partial charge on any atom is -0.348 e. The molecule has 1 fully saturated rings. The van der Waals surface area contributed by atoms with E-state index in [4.69, 9.17) is 0 Å². The summed E-state index contributed by atoms with van der Waals surface area (Å²) in [6.45, 7) is 4.84. The van der Waals surface area contributed by atoms with Crippen molar-refractivity contribution in [2.75, 3.05) is 17.5 Å². The fraction of sp³-hybridized carbons (Fsp3) is 0.409. The zero-order valence-electron chi connectivity index (χ0n) is 17.0. The molecule has 1 aliphatic rings. The highest BCUT2D eigenvalue weighted by Crippen LogP contribution is 2.19. The Hall–Kier alpha value is -2.38. The van der Waals surface area contributed by atoms with Crippen molar-refractivity contribution >= 4 is 21.6 Å². The van der Waals surface area contributed by atoms with E-state index in [0.29, 0.717) is 23.8 Å². The predicted octanol–water partition coefficient (Wildman–Crippen LogP) is 3.36. The van der Waals surface area contributed by atoms with Gasteiger partial charge in [-0.05, 0) is 55.6 Å². The first kappa shape index (κ1) is 21.3. The van der Waals surface area contributed by atoms with Crippen LogP contribution in [-0.2, 0) is 23.1 Å². The molecule has 2 aromatic carbocycles. The number of rotatable bonds is 7. The van der Waals surface area contributed by atoms with Crippen LogP contribution in [0.25, 0.3) is 0 Å². The molecule has 0 aliphatic carbocycles. The van der Waals surface area contributed by atoms with Crippen LogP contribution in [0.3, 0.4) is 0 Å². The van der Waals surface area contributed by atoms with Crippen molar-refractivity contribution in [2.24, 2.45) is 0 Å². The Kier molecular flexibility index (Phi) is 6.92. The molecule has 156 valence electrons. The number of hydrogen-bond acceptors (Lipinski definition) is 4. The fourth-order valence-electron chi connectivity index (χ4n) is 3.61. The summed E-state index contributed by atoms with van der Waals surface area (Å²) in [6, 6.07) is 15.4. The third kappa shape index (κ3) is 6.58. The third-order valence-corrected chi connectivity index (χ3v) is 5.84. The van der Waals surface area contributed by atoms with E-state index in [-0.39, 0.29) is 5.91 Å². The molecule has 6 nitrogen and oxygen atoms in total. The minimum atomic E-state index is -3.38. The number of sulfonamides is 1. The Morgan fingerprint density at radius 1 is 1.10 bits per heavy atom. The van der Waals surface area contributed by atoms with E-state index in [2.05, 4.69) is 34.0 Å². The third-order valence-electron chi connectivity index (χ3n) is 5.23. The number of hydrogen-bond donors (Lipinski definition) is 2. The van der Waals surface area contributed by atoms with Crippen molar-refractivity contribution in [3.05, 3.63) is 65.2 Å². The average molecular weight is 416 g/mol. The molecule has 0 spiro atoms. The van der Waals surface area contributed by atoms with E-state index in [1.807, 2.05) is 12.1 Å². The lowest BCUT2D eigenvalue weighted by Gasteiger charge is -2.33. The molecule has 7 heteroatoms. The second-order valence-corrected chi connectivity index (χ2v) is 9.52. The molecule has 1 saturated heterocycles. The van der Waals surface area contributed by atoms with Gasteiger partial charge >= 0.3 is 0 Å². The van der Waals surface area contributed by atoms with Gasteiger partial charge in [-0.3, -0.25) is 14.4 Å². The molecule has 0 aromatic heterocycles. The highest BCUT2D eigenvalue weighted by Gasteiger charge is 2.18. The van der Waals surface area contributed by atoms with Crippen molar-refractivity contribution in [3.63, 3.8) is 0 Å². The van der Waals surface area contributed by atoms with Crippen LogP contribution in [0.1, 0.15) is 47.7 Å². The van der Waals surface area contributed by atoms with Crippen LogP contribution in [0.4, 0.5) is 5.69 Å². The maximum Gasteiger partial charge on any atom is 0.251 e. The van der Waals surface area contributed by atoms with E-state index >= 15 is 0 Å². The van der Waals surface area contributed by atoms with Gasteiger partial charge in [-0.15, -0.1) is 0 Å². The lowest BCUT2D eigenvalue weighted by molar-refractivity contribution is 0.0951. The van der Waals surface area contributed by atoms with Crippen LogP contribution in [-0.4, -0.2) is 38.1 Å². The number of nitrogens with zero attached hydrogens (tertiary/aromatic N) is 1. The number of benzene rings is 2. The van der Waals surface area contributed by atoms with Crippen LogP contribution in [0, 0.1) is 0 Å². The van der Waals surface area contributed by atoms with Crippen molar-refractivity contribution in [2.45, 2.75) is 45.3 Å². The molecule has 1 unspecified atom stereocenters. The Labute approximate surface area is 173 Å². The summed E-state index contributed by atoms with van der Waals surface area (Å²) in [5.74, 6) is -0.242. The molecule has 0 radical (unpaired) electrons. The summed E-state index contributed by atoms with van der Waals surface area (Å²) in [5.41, 5.74) is 3.10. The van der Waals surface area contributed by atoms with Crippen LogP contribution in [0.2, 0.25) is 0 Å². The van der Waals surface area contributed by atoms with Crippen molar-refractivity contribution in [1.82, 2.24) is 10.2 Å². The Morgan fingerprint density at radius 3 is 2.52 bits per heavy atom. The molecule has 2 N–H and O–H groups in total. The number of carbonyl (C=O) groups excluding carboxylic acids is 1. The molecular formula is C22H29N3O3S. The van der Waals surface area contributed by atoms with E-state index < -0.39 is 10.0 Å². The molecule has 29 heavy (non-hydrogen) atoms. The Bertz CT molecular complexity index is 942. The first-order chi connectivity index (χ1) is 13.8. The van der Waals surface area contributed by atoms with Gasteiger partial charge in [0.2, 0.25) is 10.0 Å². The van der Waals surface area contributed by atoms with Gasteiger partial charge in [0.15, 0.2) is 0 Å². The molecule has 0 saturated carbocycles. The van der Waals surface area contributed by atoms with Gasteiger partial charge in [0.25, 0.3) is 5.91 Å². The quantitative estimate of drug-likeness (QED) is 0.727. The molecule has 1 aliphatic heterocycles. The van der Waals surface area contributed by atoms with E-state index in [1.54, 1.807) is 18.2 Å². The molecule has 1 atom stereocenters. The SMILES string of the molecule is CC1CCCCN1Cc1ccc(CNC(=O)c2cccc(NS(C)(=O)=O)c2)cc1. The first-order valence-electron chi connectivity index (χ1n) is 9.98. The van der Waals surface area contributed by atoms with Crippen LogP contribution < -0.4 is 10.0 Å².